The van der Waals surface area contributed by atoms with Crippen LogP contribution in [0.15, 0.2) is 0 Å². The van der Waals surface area contributed by atoms with E-state index in [1.165, 1.54) is 27.7 Å². The second kappa shape index (κ2) is 9.81. The van der Waals surface area contributed by atoms with E-state index in [1.54, 1.807) is 6.92 Å². The molecule has 0 radical (unpaired) electrons. The Morgan fingerprint density at radius 2 is 1.00 bits per heavy atom. The molecule has 0 rings (SSSR count). The molecule has 1 unspecified atom stereocenters. The predicted octanol–water partition coefficient (Wildman–Crippen LogP) is 0.861. The molecule has 0 aromatic carbocycles. The Morgan fingerprint density at radius 3 is 1.26 bits per heavy atom. The van der Waals surface area contributed by atoms with E-state index in [0.717, 1.165) is 0 Å². The first-order valence-corrected chi connectivity index (χ1v) is 7.52. The molecule has 0 aliphatic carbocycles. The van der Waals surface area contributed by atoms with Crippen molar-refractivity contribution >= 4 is 23.9 Å². The molecular weight excluding hydrogens is 308 g/mol. The van der Waals surface area contributed by atoms with Crippen molar-refractivity contribution in [3.05, 3.63) is 0 Å². The van der Waals surface area contributed by atoms with Crippen LogP contribution in [0, 0.1) is 11.3 Å². The second-order valence-corrected chi connectivity index (χ2v) is 4.44. The number of hydrogen-bond donors (Lipinski definition) is 0. The highest BCUT2D eigenvalue weighted by molar-refractivity contribution is 6.20. The van der Waals surface area contributed by atoms with E-state index in [0.29, 0.717) is 0 Å². The quantitative estimate of drug-likeness (QED) is 0.348. The predicted molar refractivity (Wildman–Crippen MR) is 78.1 cm³/mol. The van der Waals surface area contributed by atoms with Crippen LogP contribution in [0.2, 0.25) is 0 Å². The van der Waals surface area contributed by atoms with E-state index in [1.807, 2.05) is 0 Å². The molecule has 23 heavy (non-hydrogen) atoms. The third-order valence-corrected chi connectivity index (χ3v) is 3.08. The number of carbonyl (C=O) groups excluding carboxylic acids is 4. The summed E-state index contributed by atoms with van der Waals surface area (Å²) in [5, 5.41) is 0. The maximum atomic E-state index is 12.4. The van der Waals surface area contributed by atoms with Gasteiger partial charge in [-0.2, -0.15) is 0 Å². The third kappa shape index (κ3) is 4.43. The Morgan fingerprint density at radius 1 is 0.696 bits per heavy atom. The van der Waals surface area contributed by atoms with Crippen molar-refractivity contribution in [3.8, 4) is 0 Å². The van der Waals surface area contributed by atoms with Gasteiger partial charge in [-0.15, -0.1) is 0 Å². The third-order valence-electron chi connectivity index (χ3n) is 3.08. The molecule has 0 aliphatic heterocycles. The number of hydrogen-bond acceptors (Lipinski definition) is 8. The molecule has 0 fully saturated rings. The molecule has 0 bridgehead atoms. The average molecular weight is 332 g/mol. The lowest BCUT2D eigenvalue weighted by Gasteiger charge is -2.30. The standard InChI is InChI=1S/C15H24O8/c1-6-20-11(16)10(5)15(12(17)21-7-2,13(18)22-8-3)14(19)23-9-4/h10H,6-9H2,1-5H3. The molecule has 0 saturated heterocycles. The minimum Gasteiger partial charge on any atom is -0.466 e. The van der Waals surface area contributed by atoms with E-state index in [-0.39, 0.29) is 26.4 Å². The highest BCUT2D eigenvalue weighted by atomic mass is 16.6. The van der Waals surface area contributed by atoms with Crippen LogP contribution in [0.25, 0.3) is 0 Å². The van der Waals surface area contributed by atoms with Gasteiger partial charge in [0.2, 0.25) is 0 Å². The minimum absolute atomic E-state index is 0.0216. The highest BCUT2D eigenvalue weighted by Crippen LogP contribution is 2.34. The zero-order valence-corrected chi connectivity index (χ0v) is 14.2. The van der Waals surface area contributed by atoms with Crippen molar-refractivity contribution in [1.29, 1.82) is 0 Å². The fraction of sp³-hybridized carbons (Fsp3) is 0.733. The highest BCUT2D eigenvalue weighted by Gasteiger charge is 2.64. The first-order chi connectivity index (χ1) is 10.8. The molecule has 1 atom stereocenters. The van der Waals surface area contributed by atoms with E-state index >= 15 is 0 Å². The summed E-state index contributed by atoms with van der Waals surface area (Å²) in [6.07, 6.45) is 0. The van der Waals surface area contributed by atoms with E-state index < -0.39 is 35.2 Å². The van der Waals surface area contributed by atoms with Crippen molar-refractivity contribution in [3.63, 3.8) is 0 Å². The van der Waals surface area contributed by atoms with Crippen molar-refractivity contribution in [2.45, 2.75) is 34.6 Å². The number of esters is 4. The van der Waals surface area contributed by atoms with E-state index in [4.69, 9.17) is 18.9 Å². The fourth-order valence-corrected chi connectivity index (χ4v) is 1.96. The van der Waals surface area contributed by atoms with Crippen molar-refractivity contribution in [2.75, 3.05) is 26.4 Å². The molecule has 0 aromatic rings. The Hall–Kier alpha value is -2.12. The Kier molecular flexibility index (Phi) is 8.90. The van der Waals surface area contributed by atoms with Gasteiger partial charge in [-0.25, -0.2) is 0 Å². The van der Waals surface area contributed by atoms with Gasteiger partial charge in [-0.3, -0.25) is 19.2 Å². The van der Waals surface area contributed by atoms with Crippen LogP contribution in [0.5, 0.6) is 0 Å². The van der Waals surface area contributed by atoms with Crippen LogP contribution < -0.4 is 0 Å². The molecule has 0 saturated carbocycles. The zero-order chi connectivity index (χ0) is 18.0. The average Bonchev–Trinajstić information content (AvgIpc) is 2.49. The summed E-state index contributed by atoms with van der Waals surface area (Å²) in [5.74, 6) is -5.95. The lowest BCUT2D eigenvalue weighted by atomic mass is 9.75. The van der Waals surface area contributed by atoms with Gasteiger partial charge in [-0.05, 0) is 34.6 Å². The summed E-state index contributed by atoms with van der Waals surface area (Å²) in [6.45, 7) is 7.07. The number of rotatable bonds is 9. The second-order valence-electron chi connectivity index (χ2n) is 4.44. The largest absolute Gasteiger partial charge is 0.466 e. The zero-order valence-electron chi connectivity index (χ0n) is 14.2. The smallest absolute Gasteiger partial charge is 0.336 e. The van der Waals surface area contributed by atoms with Gasteiger partial charge in [-0.1, -0.05) is 0 Å². The summed E-state index contributed by atoms with van der Waals surface area (Å²) in [6, 6.07) is 0. The van der Waals surface area contributed by atoms with Gasteiger partial charge in [0.25, 0.3) is 5.41 Å². The Balaban J connectivity index is 6.11. The van der Waals surface area contributed by atoms with Crippen LogP contribution in [0.1, 0.15) is 34.6 Å². The normalized spacial score (nSPS) is 12.0. The molecule has 0 aliphatic rings. The van der Waals surface area contributed by atoms with Gasteiger partial charge in [0.05, 0.1) is 32.3 Å². The molecule has 0 N–H and O–H groups in total. The van der Waals surface area contributed by atoms with Gasteiger partial charge in [0.15, 0.2) is 0 Å². The monoisotopic (exact) mass is 332 g/mol. The van der Waals surface area contributed by atoms with Crippen molar-refractivity contribution in [2.24, 2.45) is 11.3 Å². The fourth-order valence-electron chi connectivity index (χ4n) is 1.96. The van der Waals surface area contributed by atoms with Crippen molar-refractivity contribution < 1.29 is 38.1 Å². The summed E-state index contributed by atoms with van der Waals surface area (Å²) >= 11 is 0. The molecule has 132 valence electrons. The summed E-state index contributed by atoms with van der Waals surface area (Å²) in [4.78, 5) is 49.3. The van der Waals surface area contributed by atoms with Gasteiger partial charge < -0.3 is 18.9 Å². The van der Waals surface area contributed by atoms with E-state index in [9.17, 15) is 19.2 Å². The summed E-state index contributed by atoms with van der Waals surface area (Å²) in [5.41, 5.74) is -2.55. The van der Waals surface area contributed by atoms with Crippen LogP contribution in [0.4, 0.5) is 0 Å². The lowest BCUT2D eigenvalue weighted by molar-refractivity contribution is -0.193. The van der Waals surface area contributed by atoms with Crippen LogP contribution in [-0.2, 0) is 38.1 Å². The Labute approximate surface area is 135 Å². The maximum absolute atomic E-state index is 12.4. The SMILES string of the molecule is CCOC(=O)C(C)C(C(=O)OCC)(C(=O)OCC)C(=O)OCC. The topological polar surface area (TPSA) is 105 Å². The summed E-state index contributed by atoms with van der Waals surface area (Å²) < 4.78 is 19.4. The van der Waals surface area contributed by atoms with Crippen molar-refractivity contribution in [1.82, 2.24) is 0 Å². The van der Waals surface area contributed by atoms with Crippen LogP contribution >= 0.6 is 0 Å². The van der Waals surface area contributed by atoms with Crippen LogP contribution in [0.3, 0.4) is 0 Å². The maximum Gasteiger partial charge on any atom is 0.336 e. The van der Waals surface area contributed by atoms with Gasteiger partial charge >= 0.3 is 23.9 Å². The lowest BCUT2D eigenvalue weighted by Crippen LogP contribution is -2.56. The molecule has 8 nitrogen and oxygen atoms in total. The Bertz CT molecular complexity index is 397. The van der Waals surface area contributed by atoms with Gasteiger partial charge in [0, 0.05) is 0 Å². The first-order valence-electron chi connectivity index (χ1n) is 7.52. The molecule has 0 spiro atoms. The summed E-state index contributed by atoms with van der Waals surface area (Å²) in [7, 11) is 0. The first kappa shape index (κ1) is 20.9. The number of ether oxygens (including phenoxy) is 4. The van der Waals surface area contributed by atoms with Gasteiger partial charge in [0.1, 0.15) is 0 Å². The molecule has 0 aromatic heterocycles. The molecule has 8 heteroatoms. The minimum atomic E-state index is -2.55. The molecular formula is C15H24O8. The molecule has 0 amide bonds. The van der Waals surface area contributed by atoms with Crippen LogP contribution in [-0.4, -0.2) is 50.3 Å². The van der Waals surface area contributed by atoms with E-state index in [2.05, 4.69) is 0 Å². The molecule has 0 heterocycles. The number of carbonyl (C=O) groups is 4.